The predicted octanol–water partition coefficient (Wildman–Crippen LogP) is -0.710. The quantitative estimate of drug-likeness (QED) is 0.646. The minimum Gasteiger partial charge on any atom is -0.357 e. The molecule has 0 aromatic carbocycles. The van der Waals surface area contributed by atoms with Gasteiger partial charge < -0.3 is 10.6 Å². The average Bonchev–Trinajstić information content (AvgIpc) is 2.66. The number of amides is 4. The van der Waals surface area contributed by atoms with E-state index in [2.05, 4.69) is 10.6 Å². The van der Waals surface area contributed by atoms with Crippen molar-refractivity contribution in [2.75, 3.05) is 13.6 Å². The molecule has 0 spiro atoms. The van der Waals surface area contributed by atoms with E-state index in [9.17, 15) is 19.2 Å². The number of carbonyl (C=O) groups excluding carboxylic acids is 4. The van der Waals surface area contributed by atoms with Crippen molar-refractivity contribution >= 4 is 23.6 Å². The van der Waals surface area contributed by atoms with Crippen LogP contribution in [0, 0.1) is 5.92 Å². The molecule has 1 rings (SSSR count). The normalized spacial score (nSPS) is 15.9. The Balaban J connectivity index is 0. The monoisotopic (exact) mass is 271 g/mol. The molecule has 108 valence electrons. The summed E-state index contributed by atoms with van der Waals surface area (Å²) in [5.41, 5.74) is 0. The molecule has 0 aliphatic carbocycles. The molecular formula is C12H21N3O4. The minimum atomic E-state index is -0.696. The maximum Gasteiger partial charge on any atom is 0.254 e. The summed E-state index contributed by atoms with van der Waals surface area (Å²) in [5.74, 6) is -2.03. The summed E-state index contributed by atoms with van der Waals surface area (Å²) in [6, 6.07) is -0.696. The van der Waals surface area contributed by atoms with Crippen molar-refractivity contribution in [3.05, 3.63) is 12.2 Å². The van der Waals surface area contributed by atoms with Crippen molar-refractivity contribution in [1.29, 1.82) is 0 Å². The van der Waals surface area contributed by atoms with Crippen molar-refractivity contribution in [2.45, 2.75) is 19.9 Å². The van der Waals surface area contributed by atoms with Crippen molar-refractivity contribution in [3.63, 3.8) is 0 Å². The van der Waals surface area contributed by atoms with E-state index in [1.165, 1.54) is 7.05 Å². The first-order chi connectivity index (χ1) is 8.86. The second-order valence-electron chi connectivity index (χ2n) is 4.50. The largest absolute Gasteiger partial charge is 0.357 e. The lowest BCUT2D eigenvalue weighted by molar-refractivity contribution is -0.141. The van der Waals surface area contributed by atoms with Crippen LogP contribution in [0.25, 0.3) is 0 Å². The third-order valence-electron chi connectivity index (χ3n) is 2.71. The van der Waals surface area contributed by atoms with Crippen molar-refractivity contribution in [2.24, 2.45) is 5.92 Å². The van der Waals surface area contributed by atoms with Gasteiger partial charge in [0, 0.05) is 22.1 Å². The van der Waals surface area contributed by atoms with Gasteiger partial charge in [0.15, 0.2) is 0 Å². The number of hydrogen-bond acceptors (Lipinski definition) is 4. The summed E-state index contributed by atoms with van der Waals surface area (Å²) in [6.07, 6.45) is 2.21. The zero-order valence-electron chi connectivity index (χ0n) is 11.1. The summed E-state index contributed by atoms with van der Waals surface area (Å²) >= 11 is 0. The van der Waals surface area contributed by atoms with Crippen LogP contribution in [-0.2, 0) is 19.2 Å². The maximum atomic E-state index is 11.8. The van der Waals surface area contributed by atoms with E-state index in [0.717, 1.165) is 17.1 Å². The second-order valence-corrected chi connectivity index (χ2v) is 4.50. The molecule has 0 aromatic rings. The van der Waals surface area contributed by atoms with Gasteiger partial charge in [-0.2, -0.15) is 0 Å². The van der Waals surface area contributed by atoms with Gasteiger partial charge >= 0.3 is 0 Å². The number of rotatable bonds is 5. The molecule has 4 amide bonds. The first kappa shape index (κ1) is 14.9. The first-order valence-corrected chi connectivity index (χ1v) is 5.91. The van der Waals surface area contributed by atoms with E-state index >= 15 is 0 Å². The molecule has 7 nitrogen and oxygen atoms in total. The highest BCUT2D eigenvalue weighted by Gasteiger charge is 2.28. The van der Waals surface area contributed by atoms with Gasteiger partial charge in [0.1, 0.15) is 12.6 Å². The van der Waals surface area contributed by atoms with E-state index in [1.54, 1.807) is 13.8 Å². The molecule has 0 fully saturated rings. The Morgan fingerprint density at radius 3 is 2.21 bits per heavy atom. The lowest BCUT2D eigenvalue weighted by Crippen LogP contribution is -2.51. The van der Waals surface area contributed by atoms with Crippen molar-refractivity contribution < 1.29 is 22.0 Å². The molecule has 0 saturated heterocycles. The molecule has 1 atom stereocenters. The molecule has 7 heteroatoms. The summed E-state index contributed by atoms with van der Waals surface area (Å²) in [5, 5.41) is 4.96. The fourth-order valence-electron chi connectivity index (χ4n) is 1.64. The summed E-state index contributed by atoms with van der Waals surface area (Å²) in [6.45, 7) is 3.19. The maximum absolute atomic E-state index is 11.8. The Hall–Kier alpha value is -2.18. The third kappa shape index (κ3) is 3.64. The Morgan fingerprint density at radius 1 is 1.26 bits per heavy atom. The third-order valence-corrected chi connectivity index (χ3v) is 2.71. The van der Waals surface area contributed by atoms with Crippen LogP contribution in [0.1, 0.15) is 16.7 Å². The highest BCUT2D eigenvalue weighted by Crippen LogP contribution is 2.05. The van der Waals surface area contributed by atoms with Crippen LogP contribution in [0.15, 0.2) is 12.2 Å². The number of likely N-dealkylation sites (N-methyl/N-ethyl adjacent to an activating group) is 1. The van der Waals surface area contributed by atoms with Gasteiger partial charge in [-0.25, -0.2) is 0 Å². The van der Waals surface area contributed by atoms with E-state index < -0.39 is 23.8 Å². The van der Waals surface area contributed by atoms with Crippen LogP contribution in [0.2, 0.25) is 0 Å². The van der Waals surface area contributed by atoms with E-state index in [4.69, 9.17) is 0 Å². The molecule has 0 aromatic heterocycles. The second kappa shape index (κ2) is 6.12. The SMILES string of the molecule is CNC(=O)[C@@H](NC(=O)CN1C(=O)C=CC1=O)C(C)C.[HH].[HH]. The molecule has 2 N–H and O–H groups in total. The standard InChI is InChI=1S/C12H17N3O4.2H2/c1-7(2)11(12(19)13-3)14-8(16)6-15-9(17)4-5-10(15)18;;/h4-5,7,11H,6H2,1-3H3,(H,13,19)(H,14,16);2*1H/t11-;;/m0../s1. The minimum absolute atomic E-state index is 0. The first-order valence-electron chi connectivity index (χ1n) is 5.91. The molecule has 0 saturated carbocycles. The summed E-state index contributed by atoms with van der Waals surface area (Å²) < 4.78 is 0. The lowest BCUT2D eigenvalue weighted by atomic mass is 10.0. The van der Waals surface area contributed by atoms with Gasteiger partial charge in [0.2, 0.25) is 11.8 Å². The molecule has 1 heterocycles. The van der Waals surface area contributed by atoms with Gasteiger partial charge in [0.05, 0.1) is 0 Å². The molecular weight excluding hydrogens is 250 g/mol. The van der Waals surface area contributed by atoms with Crippen molar-refractivity contribution in [3.8, 4) is 0 Å². The topological polar surface area (TPSA) is 95.6 Å². The fourth-order valence-corrected chi connectivity index (χ4v) is 1.64. The summed E-state index contributed by atoms with van der Waals surface area (Å²) in [4.78, 5) is 46.7. The Labute approximate surface area is 114 Å². The zero-order valence-corrected chi connectivity index (χ0v) is 11.1. The van der Waals surface area contributed by atoms with Crippen LogP contribution in [0.3, 0.4) is 0 Å². The van der Waals surface area contributed by atoms with Crippen LogP contribution < -0.4 is 10.6 Å². The Morgan fingerprint density at radius 2 is 1.79 bits per heavy atom. The molecule has 0 unspecified atom stereocenters. The van der Waals surface area contributed by atoms with Crippen LogP contribution in [0.4, 0.5) is 0 Å². The van der Waals surface area contributed by atoms with Crippen LogP contribution in [-0.4, -0.2) is 48.2 Å². The Kier molecular flexibility index (Phi) is 4.80. The Bertz CT molecular complexity index is 434. The fraction of sp³-hybridized carbons (Fsp3) is 0.500. The van der Waals surface area contributed by atoms with Gasteiger partial charge in [0.25, 0.3) is 11.8 Å². The molecule has 1 aliphatic rings. The average molecular weight is 271 g/mol. The molecule has 0 bridgehead atoms. The van der Waals surface area contributed by atoms with E-state index in [1.807, 2.05) is 0 Å². The highest BCUT2D eigenvalue weighted by molar-refractivity contribution is 6.14. The molecule has 0 radical (unpaired) electrons. The van der Waals surface area contributed by atoms with Crippen LogP contribution in [0.5, 0.6) is 0 Å². The number of nitrogens with one attached hydrogen (secondary N) is 2. The smallest absolute Gasteiger partial charge is 0.254 e. The number of nitrogens with zero attached hydrogens (tertiary/aromatic N) is 1. The lowest BCUT2D eigenvalue weighted by Gasteiger charge is -2.22. The number of carbonyl (C=O) groups is 4. The van der Waals surface area contributed by atoms with Gasteiger partial charge in [-0.15, -0.1) is 0 Å². The van der Waals surface area contributed by atoms with Gasteiger partial charge in [-0.05, 0) is 5.92 Å². The summed E-state index contributed by atoms with van der Waals surface area (Å²) in [7, 11) is 1.47. The van der Waals surface area contributed by atoms with Gasteiger partial charge in [-0.1, -0.05) is 13.8 Å². The van der Waals surface area contributed by atoms with E-state index in [0.29, 0.717) is 0 Å². The van der Waals surface area contributed by atoms with E-state index in [-0.39, 0.29) is 21.2 Å². The zero-order chi connectivity index (χ0) is 14.6. The number of hydrogen-bond donors (Lipinski definition) is 2. The van der Waals surface area contributed by atoms with Crippen molar-refractivity contribution in [1.82, 2.24) is 15.5 Å². The number of imide groups is 1. The van der Waals surface area contributed by atoms with Gasteiger partial charge in [-0.3, -0.25) is 24.1 Å². The highest BCUT2D eigenvalue weighted by atomic mass is 16.2. The molecule has 19 heavy (non-hydrogen) atoms. The predicted molar refractivity (Wildman–Crippen MR) is 70.9 cm³/mol. The van der Waals surface area contributed by atoms with Crippen LogP contribution >= 0.6 is 0 Å². The molecule has 1 aliphatic heterocycles.